The van der Waals surface area contributed by atoms with Crippen LogP contribution in [-0.4, -0.2) is 34.4 Å². The summed E-state index contributed by atoms with van der Waals surface area (Å²) < 4.78 is 18.8. The summed E-state index contributed by atoms with van der Waals surface area (Å²) >= 11 is 0. The highest BCUT2D eigenvalue weighted by atomic mass is 19.1. The Hall–Kier alpha value is -3.39. The van der Waals surface area contributed by atoms with Crippen LogP contribution in [0.3, 0.4) is 0 Å². The van der Waals surface area contributed by atoms with Crippen molar-refractivity contribution in [1.29, 1.82) is 10.5 Å². The molecule has 0 unspecified atom stereocenters. The van der Waals surface area contributed by atoms with Crippen molar-refractivity contribution in [1.82, 2.24) is 15.2 Å². The second kappa shape index (κ2) is 6.62. The second-order valence-corrected chi connectivity index (χ2v) is 5.84. The summed E-state index contributed by atoms with van der Waals surface area (Å²) in [6.07, 6.45) is 4.10. The van der Waals surface area contributed by atoms with Crippen molar-refractivity contribution in [3.8, 4) is 23.6 Å². The van der Waals surface area contributed by atoms with Crippen molar-refractivity contribution >= 4 is 5.91 Å². The van der Waals surface area contributed by atoms with E-state index in [9.17, 15) is 9.18 Å². The molecule has 2 heterocycles. The molecule has 25 heavy (non-hydrogen) atoms. The van der Waals surface area contributed by atoms with Gasteiger partial charge in [-0.2, -0.15) is 10.5 Å². The van der Waals surface area contributed by atoms with Crippen LogP contribution >= 0.6 is 0 Å². The van der Waals surface area contributed by atoms with Gasteiger partial charge in [0.1, 0.15) is 11.9 Å². The van der Waals surface area contributed by atoms with Gasteiger partial charge >= 0.3 is 5.91 Å². The number of nitrogens with one attached hydrogen (secondary N) is 1. The molecule has 1 amide bonds. The number of benzene rings is 1. The number of rotatable bonds is 3. The Morgan fingerprint density at radius 1 is 1.48 bits per heavy atom. The number of hydrogen-bond acceptors (Lipinski definition) is 6. The lowest BCUT2D eigenvalue weighted by Gasteiger charge is -2.11. The average molecular weight is 339 g/mol. The highest BCUT2D eigenvalue weighted by Crippen LogP contribution is 2.23. The molecule has 0 spiro atoms. The van der Waals surface area contributed by atoms with Gasteiger partial charge in [0.15, 0.2) is 12.0 Å². The van der Waals surface area contributed by atoms with Crippen molar-refractivity contribution < 1.29 is 13.6 Å². The summed E-state index contributed by atoms with van der Waals surface area (Å²) in [5.74, 6) is -0.965. The standard InChI is InChI=1S/C17H14FN5O2/c1-10-4-13(8-23(10)9-20)22-16(24)17-21-7-15(25-17)11-2-3-14(18)12(5-11)6-19/h2-3,5,7,10,13H,4,8H2,1H3,(H,22,24)/t10-,13-/m1/s1. The van der Waals surface area contributed by atoms with E-state index >= 15 is 0 Å². The van der Waals surface area contributed by atoms with Crippen LogP contribution in [0, 0.1) is 28.6 Å². The van der Waals surface area contributed by atoms with E-state index in [0.717, 1.165) is 6.07 Å². The van der Waals surface area contributed by atoms with Gasteiger partial charge in [0.2, 0.25) is 0 Å². The number of amides is 1. The van der Waals surface area contributed by atoms with E-state index in [1.54, 1.807) is 11.0 Å². The van der Waals surface area contributed by atoms with Crippen molar-refractivity contribution in [3.05, 3.63) is 41.7 Å². The van der Waals surface area contributed by atoms with Crippen LogP contribution in [0.2, 0.25) is 0 Å². The highest BCUT2D eigenvalue weighted by molar-refractivity contribution is 5.90. The second-order valence-electron chi connectivity index (χ2n) is 5.84. The monoisotopic (exact) mass is 339 g/mol. The Kier molecular flexibility index (Phi) is 4.36. The smallest absolute Gasteiger partial charge is 0.307 e. The third-order valence-electron chi connectivity index (χ3n) is 4.11. The van der Waals surface area contributed by atoms with Crippen LogP contribution in [0.1, 0.15) is 29.6 Å². The fraction of sp³-hybridized carbons (Fsp3) is 0.294. The normalized spacial score (nSPS) is 19.3. The topological polar surface area (TPSA) is 106 Å². The van der Waals surface area contributed by atoms with Crippen molar-refractivity contribution in [2.75, 3.05) is 6.54 Å². The first-order valence-electron chi connectivity index (χ1n) is 7.65. The number of nitrogens with zero attached hydrogens (tertiary/aromatic N) is 4. The van der Waals surface area contributed by atoms with Crippen LogP contribution in [0.4, 0.5) is 4.39 Å². The summed E-state index contributed by atoms with van der Waals surface area (Å²) in [7, 11) is 0. The van der Waals surface area contributed by atoms with E-state index in [2.05, 4.69) is 16.5 Å². The molecule has 7 nitrogen and oxygen atoms in total. The lowest BCUT2D eigenvalue weighted by molar-refractivity contribution is 0.0904. The zero-order valence-corrected chi connectivity index (χ0v) is 13.4. The molecule has 1 aliphatic heterocycles. The number of nitriles is 2. The van der Waals surface area contributed by atoms with Crippen LogP contribution < -0.4 is 5.32 Å². The number of halogens is 1. The molecule has 1 aliphatic rings. The Morgan fingerprint density at radius 2 is 2.28 bits per heavy atom. The molecule has 0 radical (unpaired) electrons. The van der Waals surface area contributed by atoms with Crippen molar-refractivity contribution in [2.24, 2.45) is 0 Å². The lowest BCUT2D eigenvalue weighted by atomic mass is 10.1. The third kappa shape index (κ3) is 3.29. The fourth-order valence-electron chi connectivity index (χ4n) is 2.80. The van der Waals surface area contributed by atoms with Gasteiger partial charge in [-0.05, 0) is 31.5 Å². The van der Waals surface area contributed by atoms with Gasteiger partial charge < -0.3 is 14.6 Å². The van der Waals surface area contributed by atoms with Crippen molar-refractivity contribution in [3.63, 3.8) is 0 Å². The number of likely N-dealkylation sites (tertiary alicyclic amines) is 1. The lowest BCUT2D eigenvalue weighted by Crippen LogP contribution is -2.36. The molecule has 1 fully saturated rings. The SMILES string of the molecule is C[C@@H]1C[C@@H](NC(=O)c2ncc(-c3ccc(F)c(C#N)c3)o2)CN1C#N. The zero-order chi connectivity index (χ0) is 18.0. The first-order valence-corrected chi connectivity index (χ1v) is 7.65. The number of carbonyl (C=O) groups excluding carboxylic acids is 1. The van der Waals surface area contributed by atoms with E-state index in [4.69, 9.17) is 14.9 Å². The molecule has 2 atom stereocenters. The van der Waals surface area contributed by atoms with Gasteiger partial charge in [-0.1, -0.05) is 0 Å². The van der Waals surface area contributed by atoms with Crippen molar-refractivity contribution in [2.45, 2.75) is 25.4 Å². The molecule has 0 aliphatic carbocycles. The Morgan fingerprint density at radius 3 is 2.96 bits per heavy atom. The van der Waals surface area contributed by atoms with E-state index in [1.165, 1.54) is 18.3 Å². The van der Waals surface area contributed by atoms with Gasteiger partial charge in [-0.15, -0.1) is 0 Å². The Bertz CT molecular complexity index is 895. The summed E-state index contributed by atoms with van der Waals surface area (Å²) in [5.41, 5.74) is 0.339. The predicted molar refractivity (Wildman–Crippen MR) is 84.3 cm³/mol. The van der Waals surface area contributed by atoms with Gasteiger partial charge in [0, 0.05) is 24.2 Å². The first kappa shape index (κ1) is 16.5. The quantitative estimate of drug-likeness (QED) is 0.858. The summed E-state index contributed by atoms with van der Waals surface area (Å²) in [6, 6.07) is 5.60. The third-order valence-corrected chi connectivity index (χ3v) is 4.11. The number of aromatic nitrogens is 1. The first-order chi connectivity index (χ1) is 12.0. The fourth-order valence-corrected chi connectivity index (χ4v) is 2.80. The molecule has 8 heteroatoms. The molecule has 1 aromatic carbocycles. The van der Waals surface area contributed by atoms with E-state index in [-0.39, 0.29) is 29.3 Å². The minimum atomic E-state index is -0.624. The van der Waals surface area contributed by atoms with E-state index in [1.807, 2.05) is 6.92 Å². The molecular formula is C17H14FN5O2. The molecule has 126 valence electrons. The maximum atomic E-state index is 13.4. The summed E-state index contributed by atoms with van der Waals surface area (Å²) in [6.45, 7) is 2.36. The molecule has 1 aromatic heterocycles. The zero-order valence-electron chi connectivity index (χ0n) is 13.4. The number of carbonyl (C=O) groups is 1. The van der Waals surface area contributed by atoms with Crippen LogP contribution in [0.25, 0.3) is 11.3 Å². The summed E-state index contributed by atoms with van der Waals surface area (Å²) in [5, 5.41) is 20.6. The largest absolute Gasteiger partial charge is 0.432 e. The molecule has 1 N–H and O–H groups in total. The number of oxazole rings is 1. The number of hydrogen-bond donors (Lipinski definition) is 1. The van der Waals surface area contributed by atoms with Gasteiger partial charge in [0.25, 0.3) is 5.89 Å². The predicted octanol–water partition coefficient (Wildman–Crippen LogP) is 2.03. The Labute approximate surface area is 143 Å². The molecule has 0 saturated carbocycles. The molecule has 0 bridgehead atoms. The van der Waals surface area contributed by atoms with E-state index < -0.39 is 11.7 Å². The minimum absolute atomic E-state index is 0.0686. The summed E-state index contributed by atoms with van der Waals surface area (Å²) in [4.78, 5) is 17.8. The van der Waals surface area contributed by atoms with Crippen LogP contribution in [0.5, 0.6) is 0 Å². The molecule has 3 rings (SSSR count). The highest BCUT2D eigenvalue weighted by Gasteiger charge is 2.30. The van der Waals surface area contributed by atoms with Crippen LogP contribution in [-0.2, 0) is 0 Å². The maximum absolute atomic E-state index is 13.4. The average Bonchev–Trinajstić information content (AvgIpc) is 3.22. The molecule has 2 aromatic rings. The van der Waals surface area contributed by atoms with Gasteiger partial charge in [0.05, 0.1) is 11.8 Å². The molecule has 1 saturated heterocycles. The van der Waals surface area contributed by atoms with Gasteiger partial charge in [-0.3, -0.25) is 4.79 Å². The maximum Gasteiger partial charge on any atom is 0.307 e. The molecular weight excluding hydrogens is 325 g/mol. The van der Waals surface area contributed by atoms with Gasteiger partial charge in [-0.25, -0.2) is 9.37 Å². The van der Waals surface area contributed by atoms with Crippen LogP contribution in [0.15, 0.2) is 28.8 Å². The Balaban J connectivity index is 1.73. The minimum Gasteiger partial charge on any atom is -0.432 e. The van der Waals surface area contributed by atoms with E-state index in [0.29, 0.717) is 18.5 Å².